The summed E-state index contributed by atoms with van der Waals surface area (Å²) in [5.74, 6) is 0.902. The fourth-order valence-electron chi connectivity index (χ4n) is 3.77. The first kappa shape index (κ1) is 14.8. The molecule has 0 bridgehead atoms. The van der Waals surface area contributed by atoms with Gasteiger partial charge in [0.25, 0.3) is 0 Å². The Labute approximate surface area is 127 Å². The Kier molecular flexibility index (Phi) is 4.78. The predicted octanol–water partition coefficient (Wildman–Crippen LogP) is 1.82. The molecule has 0 saturated carbocycles. The van der Waals surface area contributed by atoms with Gasteiger partial charge in [0.05, 0.1) is 7.11 Å². The van der Waals surface area contributed by atoms with E-state index in [1.54, 1.807) is 7.11 Å². The average Bonchev–Trinajstić information content (AvgIpc) is 2.86. The van der Waals surface area contributed by atoms with E-state index in [0.29, 0.717) is 6.54 Å². The first-order valence-corrected chi connectivity index (χ1v) is 8.12. The van der Waals surface area contributed by atoms with Crippen LogP contribution >= 0.6 is 0 Å². The van der Waals surface area contributed by atoms with Crippen LogP contribution in [-0.4, -0.2) is 49.1 Å². The summed E-state index contributed by atoms with van der Waals surface area (Å²) in [4.78, 5) is 5.29. The second-order valence-electron chi connectivity index (χ2n) is 6.27. The first-order valence-electron chi connectivity index (χ1n) is 8.12. The van der Waals surface area contributed by atoms with Crippen LogP contribution in [0.4, 0.5) is 0 Å². The molecule has 0 aliphatic carbocycles. The molecule has 1 aromatic carbocycles. The van der Waals surface area contributed by atoms with Crippen LogP contribution in [0, 0.1) is 0 Å². The molecule has 2 saturated heterocycles. The maximum atomic E-state index is 5.82. The summed E-state index contributed by atoms with van der Waals surface area (Å²) in [6.07, 6.45) is 4.03. The van der Waals surface area contributed by atoms with E-state index in [-0.39, 0.29) is 0 Å². The second-order valence-corrected chi connectivity index (χ2v) is 6.27. The molecule has 0 spiro atoms. The minimum Gasteiger partial charge on any atom is -0.496 e. The van der Waals surface area contributed by atoms with Gasteiger partial charge in [-0.15, -0.1) is 0 Å². The Bertz CT molecular complexity index is 477. The highest BCUT2D eigenvalue weighted by Crippen LogP contribution is 2.24. The Balaban J connectivity index is 1.68. The minimum atomic E-state index is 0.535. The summed E-state index contributed by atoms with van der Waals surface area (Å²) >= 11 is 0. The van der Waals surface area contributed by atoms with Crippen molar-refractivity contribution in [3.63, 3.8) is 0 Å². The van der Waals surface area contributed by atoms with Crippen LogP contribution in [0.15, 0.2) is 18.2 Å². The molecule has 116 valence electrons. The van der Waals surface area contributed by atoms with E-state index in [1.165, 1.54) is 51.0 Å². The number of hydrogen-bond acceptors (Lipinski definition) is 4. The van der Waals surface area contributed by atoms with E-state index < -0.39 is 0 Å². The zero-order chi connectivity index (χ0) is 14.7. The van der Waals surface area contributed by atoms with Gasteiger partial charge in [0, 0.05) is 31.2 Å². The summed E-state index contributed by atoms with van der Waals surface area (Å²) < 4.78 is 5.36. The zero-order valence-corrected chi connectivity index (χ0v) is 13.1. The lowest BCUT2D eigenvalue weighted by molar-refractivity contribution is 0.215. The van der Waals surface area contributed by atoms with E-state index in [0.717, 1.165) is 23.9 Å². The number of rotatable bonds is 4. The normalized spacial score (nSPS) is 23.8. The number of nitrogens with two attached hydrogens (primary N) is 1. The maximum Gasteiger partial charge on any atom is 0.123 e. The van der Waals surface area contributed by atoms with Gasteiger partial charge in [-0.3, -0.25) is 9.80 Å². The number of benzene rings is 1. The van der Waals surface area contributed by atoms with Crippen LogP contribution in [0.25, 0.3) is 0 Å². The van der Waals surface area contributed by atoms with Crippen molar-refractivity contribution in [2.24, 2.45) is 5.73 Å². The maximum absolute atomic E-state index is 5.82. The van der Waals surface area contributed by atoms with Gasteiger partial charge in [0.1, 0.15) is 5.75 Å². The molecule has 0 radical (unpaired) electrons. The van der Waals surface area contributed by atoms with E-state index in [1.807, 2.05) is 0 Å². The van der Waals surface area contributed by atoms with Crippen LogP contribution < -0.4 is 10.5 Å². The number of methoxy groups -OCH3 is 1. The third-order valence-corrected chi connectivity index (χ3v) is 4.86. The van der Waals surface area contributed by atoms with Gasteiger partial charge >= 0.3 is 0 Å². The van der Waals surface area contributed by atoms with Crippen molar-refractivity contribution < 1.29 is 4.74 Å². The van der Waals surface area contributed by atoms with Crippen LogP contribution in [0.1, 0.15) is 30.4 Å². The van der Waals surface area contributed by atoms with Gasteiger partial charge in [-0.2, -0.15) is 0 Å². The van der Waals surface area contributed by atoms with E-state index in [4.69, 9.17) is 10.5 Å². The highest BCUT2D eigenvalue weighted by molar-refractivity contribution is 5.37. The average molecular weight is 289 g/mol. The molecule has 2 aliphatic rings. The van der Waals surface area contributed by atoms with Gasteiger partial charge in [-0.1, -0.05) is 6.07 Å². The number of ether oxygens (including phenoxy) is 1. The summed E-state index contributed by atoms with van der Waals surface area (Å²) in [5.41, 5.74) is 8.28. The molecule has 2 heterocycles. The summed E-state index contributed by atoms with van der Waals surface area (Å²) in [6.45, 7) is 6.56. The topological polar surface area (TPSA) is 41.7 Å². The van der Waals surface area contributed by atoms with E-state index in [2.05, 4.69) is 28.0 Å². The van der Waals surface area contributed by atoms with Crippen molar-refractivity contribution in [3.8, 4) is 5.75 Å². The fourth-order valence-corrected chi connectivity index (χ4v) is 3.77. The molecule has 1 unspecified atom stereocenters. The SMILES string of the molecule is COc1ccc(CN2CCCN3CCCC3C2)cc1CN. The van der Waals surface area contributed by atoms with Gasteiger partial charge in [-0.25, -0.2) is 0 Å². The zero-order valence-electron chi connectivity index (χ0n) is 13.1. The Hall–Kier alpha value is -1.10. The Morgan fingerprint density at radius 1 is 1.24 bits per heavy atom. The Morgan fingerprint density at radius 3 is 2.90 bits per heavy atom. The van der Waals surface area contributed by atoms with Gasteiger partial charge in [0.2, 0.25) is 0 Å². The molecule has 2 aliphatic heterocycles. The summed E-state index contributed by atoms with van der Waals surface area (Å²) in [6, 6.07) is 7.21. The molecule has 2 fully saturated rings. The van der Waals surface area contributed by atoms with Crippen molar-refractivity contribution in [1.82, 2.24) is 9.80 Å². The molecule has 0 amide bonds. The molecular formula is C17H27N3O. The second kappa shape index (κ2) is 6.77. The van der Waals surface area contributed by atoms with Crippen molar-refractivity contribution in [1.29, 1.82) is 0 Å². The quantitative estimate of drug-likeness (QED) is 0.918. The first-order chi connectivity index (χ1) is 10.3. The van der Waals surface area contributed by atoms with Crippen molar-refractivity contribution in [3.05, 3.63) is 29.3 Å². The lowest BCUT2D eigenvalue weighted by Gasteiger charge is -2.25. The molecular weight excluding hydrogens is 262 g/mol. The standard InChI is InChI=1S/C17H27N3O/c1-21-17-6-5-14(10-15(17)11-18)12-19-7-3-9-20-8-2-4-16(20)13-19/h5-6,10,16H,2-4,7-9,11-13,18H2,1H3. The molecule has 21 heavy (non-hydrogen) atoms. The van der Waals surface area contributed by atoms with Crippen LogP contribution in [0.3, 0.4) is 0 Å². The largest absolute Gasteiger partial charge is 0.496 e. The molecule has 4 nitrogen and oxygen atoms in total. The summed E-state index contributed by atoms with van der Waals surface area (Å²) in [5, 5.41) is 0. The van der Waals surface area contributed by atoms with Gasteiger partial charge < -0.3 is 10.5 Å². The number of nitrogens with zero attached hydrogens (tertiary/aromatic N) is 2. The highest BCUT2D eigenvalue weighted by Gasteiger charge is 2.28. The molecule has 4 heteroatoms. The van der Waals surface area contributed by atoms with Gasteiger partial charge in [-0.05, 0) is 56.6 Å². The van der Waals surface area contributed by atoms with E-state index >= 15 is 0 Å². The Morgan fingerprint density at radius 2 is 2.10 bits per heavy atom. The van der Waals surface area contributed by atoms with Crippen LogP contribution in [-0.2, 0) is 13.1 Å². The van der Waals surface area contributed by atoms with Gasteiger partial charge in [0.15, 0.2) is 0 Å². The third kappa shape index (κ3) is 3.39. The molecule has 1 aromatic rings. The highest BCUT2D eigenvalue weighted by atomic mass is 16.5. The van der Waals surface area contributed by atoms with Crippen molar-refractivity contribution in [2.45, 2.75) is 38.4 Å². The van der Waals surface area contributed by atoms with E-state index in [9.17, 15) is 0 Å². The number of fused-ring (bicyclic) bond motifs is 1. The van der Waals surface area contributed by atoms with Crippen LogP contribution in [0.5, 0.6) is 5.75 Å². The molecule has 2 N–H and O–H groups in total. The third-order valence-electron chi connectivity index (χ3n) is 4.86. The lowest BCUT2D eigenvalue weighted by Crippen LogP contribution is -2.36. The number of hydrogen-bond donors (Lipinski definition) is 1. The molecule has 0 aromatic heterocycles. The van der Waals surface area contributed by atoms with Crippen molar-refractivity contribution >= 4 is 0 Å². The smallest absolute Gasteiger partial charge is 0.123 e. The minimum absolute atomic E-state index is 0.535. The van der Waals surface area contributed by atoms with Crippen molar-refractivity contribution in [2.75, 3.05) is 33.3 Å². The molecule has 1 atom stereocenters. The monoisotopic (exact) mass is 289 g/mol. The van der Waals surface area contributed by atoms with Crippen LogP contribution in [0.2, 0.25) is 0 Å². The lowest BCUT2D eigenvalue weighted by atomic mass is 10.1. The fraction of sp³-hybridized carbons (Fsp3) is 0.647. The molecule has 3 rings (SSSR count). The summed E-state index contributed by atoms with van der Waals surface area (Å²) in [7, 11) is 1.71. The predicted molar refractivity (Wildman–Crippen MR) is 85.4 cm³/mol.